The van der Waals surface area contributed by atoms with Crippen LogP contribution in [0.4, 0.5) is 0 Å². The molecule has 6 nitrogen and oxygen atoms in total. The molecule has 8 heteroatoms. The van der Waals surface area contributed by atoms with E-state index in [1.54, 1.807) is 38.1 Å². The number of benzene rings is 1. The first-order valence-electron chi connectivity index (χ1n) is 8.68. The first-order valence-corrected chi connectivity index (χ1v) is 10.8. The van der Waals surface area contributed by atoms with Crippen molar-refractivity contribution in [3.8, 4) is 0 Å². The second-order valence-corrected chi connectivity index (χ2v) is 8.12. The van der Waals surface area contributed by atoms with E-state index in [2.05, 4.69) is 0 Å². The SMILES string of the molecule is CCCC(=O)O[C@H](CC(=O)CP(=O)(OCC)OCC)c1ccc(Cl)cc1. The number of carbonyl (C=O) groups excluding carboxylic acids is 2. The fourth-order valence-electron chi connectivity index (χ4n) is 2.34. The van der Waals surface area contributed by atoms with Crippen LogP contribution in [-0.2, 0) is 27.9 Å². The molecule has 0 aromatic heterocycles. The molecular weight excluding hydrogens is 379 g/mol. The van der Waals surface area contributed by atoms with Crippen LogP contribution in [0.3, 0.4) is 0 Å². The number of halogens is 1. The molecular formula is C18H26ClO6P. The van der Waals surface area contributed by atoms with Crippen LogP contribution in [0.2, 0.25) is 5.02 Å². The van der Waals surface area contributed by atoms with Crippen LogP contribution in [0.25, 0.3) is 0 Å². The molecule has 1 rings (SSSR count). The lowest BCUT2D eigenvalue weighted by Gasteiger charge is -2.20. The van der Waals surface area contributed by atoms with Gasteiger partial charge in [0, 0.05) is 17.9 Å². The van der Waals surface area contributed by atoms with Gasteiger partial charge in [-0.1, -0.05) is 30.7 Å². The minimum absolute atomic E-state index is 0.110. The standard InChI is InChI=1S/C18H26ClO6P/c1-4-7-18(21)25-17(14-8-10-15(19)11-9-14)12-16(20)13-26(22,23-5-2)24-6-3/h8-11,17H,4-7,12-13H2,1-3H3/t17-/m1/s1. The van der Waals surface area contributed by atoms with Crippen molar-refractivity contribution in [2.45, 2.75) is 46.1 Å². The highest BCUT2D eigenvalue weighted by molar-refractivity contribution is 7.54. The van der Waals surface area contributed by atoms with E-state index in [4.69, 9.17) is 25.4 Å². The number of rotatable bonds is 12. The molecule has 0 saturated heterocycles. The summed E-state index contributed by atoms with van der Waals surface area (Å²) in [6.07, 6.45) is -0.334. The molecule has 0 N–H and O–H groups in total. The lowest BCUT2D eigenvalue weighted by molar-refractivity contribution is -0.150. The van der Waals surface area contributed by atoms with Crippen molar-refractivity contribution in [3.05, 3.63) is 34.9 Å². The summed E-state index contributed by atoms with van der Waals surface area (Å²) in [5.74, 6) is -0.752. The monoisotopic (exact) mass is 404 g/mol. The van der Waals surface area contributed by atoms with Crippen LogP contribution in [0.15, 0.2) is 24.3 Å². The Hall–Kier alpha value is -1.20. The van der Waals surface area contributed by atoms with Crippen molar-refractivity contribution in [3.63, 3.8) is 0 Å². The third-order valence-corrected chi connectivity index (χ3v) is 5.70. The van der Waals surface area contributed by atoms with E-state index in [9.17, 15) is 14.2 Å². The van der Waals surface area contributed by atoms with Crippen LogP contribution in [0.5, 0.6) is 0 Å². The molecule has 1 aromatic carbocycles. The van der Waals surface area contributed by atoms with E-state index in [-0.39, 0.29) is 38.0 Å². The van der Waals surface area contributed by atoms with Crippen LogP contribution < -0.4 is 0 Å². The van der Waals surface area contributed by atoms with Crippen molar-refractivity contribution in [2.75, 3.05) is 19.4 Å². The van der Waals surface area contributed by atoms with E-state index >= 15 is 0 Å². The number of carbonyl (C=O) groups is 2. The highest BCUT2D eigenvalue weighted by Gasteiger charge is 2.30. The van der Waals surface area contributed by atoms with Gasteiger partial charge >= 0.3 is 13.6 Å². The summed E-state index contributed by atoms with van der Waals surface area (Å²) in [5.41, 5.74) is 0.648. The molecule has 0 amide bonds. The number of ketones is 1. The van der Waals surface area contributed by atoms with Crippen molar-refractivity contribution < 1.29 is 27.9 Å². The molecule has 0 aliphatic heterocycles. The molecule has 0 radical (unpaired) electrons. The molecule has 146 valence electrons. The summed E-state index contributed by atoms with van der Waals surface area (Å²) < 4.78 is 28.3. The molecule has 1 aromatic rings. The molecule has 0 bridgehead atoms. The normalized spacial score (nSPS) is 12.6. The summed E-state index contributed by atoms with van der Waals surface area (Å²) in [6, 6.07) is 6.72. The summed E-state index contributed by atoms with van der Waals surface area (Å²) in [4.78, 5) is 24.4. The molecule has 0 unspecified atom stereocenters. The van der Waals surface area contributed by atoms with Crippen LogP contribution in [0, 0.1) is 0 Å². The Kier molecular flexibility index (Phi) is 10.1. The van der Waals surface area contributed by atoms with E-state index in [1.807, 2.05) is 6.92 Å². The predicted octanol–water partition coefficient (Wildman–Crippen LogP) is 4.95. The Morgan fingerprint density at radius 3 is 2.15 bits per heavy atom. The summed E-state index contributed by atoms with van der Waals surface area (Å²) in [6.45, 7) is 5.58. The van der Waals surface area contributed by atoms with E-state index in [1.165, 1.54) is 0 Å². The maximum Gasteiger partial charge on any atom is 0.338 e. The zero-order chi connectivity index (χ0) is 19.6. The number of hydrogen-bond donors (Lipinski definition) is 0. The van der Waals surface area contributed by atoms with Crippen LogP contribution >= 0.6 is 19.2 Å². The van der Waals surface area contributed by atoms with Gasteiger partial charge in [0.15, 0.2) is 0 Å². The lowest BCUT2D eigenvalue weighted by atomic mass is 10.0. The van der Waals surface area contributed by atoms with Gasteiger partial charge in [-0.2, -0.15) is 0 Å². The number of ether oxygens (including phenoxy) is 1. The smallest absolute Gasteiger partial charge is 0.338 e. The van der Waals surface area contributed by atoms with Crippen molar-refractivity contribution in [1.82, 2.24) is 0 Å². The Balaban J connectivity index is 2.89. The second-order valence-electron chi connectivity index (χ2n) is 5.63. The second kappa shape index (κ2) is 11.5. The third kappa shape index (κ3) is 8.00. The third-order valence-electron chi connectivity index (χ3n) is 3.40. The topological polar surface area (TPSA) is 78.9 Å². The quantitative estimate of drug-likeness (QED) is 0.362. The maximum atomic E-state index is 12.5. The largest absolute Gasteiger partial charge is 0.457 e. The molecule has 0 saturated carbocycles. The summed E-state index contributed by atoms with van der Waals surface area (Å²) >= 11 is 5.89. The van der Waals surface area contributed by atoms with Gasteiger partial charge in [-0.25, -0.2) is 0 Å². The van der Waals surface area contributed by atoms with Gasteiger partial charge in [-0.15, -0.1) is 0 Å². The average molecular weight is 405 g/mol. The van der Waals surface area contributed by atoms with Gasteiger partial charge in [-0.3, -0.25) is 14.2 Å². The minimum atomic E-state index is -3.49. The zero-order valence-electron chi connectivity index (χ0n) is 15.4. The van der Waals surface area contributed by atoms with Gasteiger partial charge in [0.2, 0.25) is 0 Å². The van der Waals surface area contributed by atoms with Gasteiger partial charge in [0.05, 0.1) is 13.2 Å². The van der Waals surface area contributed by atoms with Gasteiger partial charge in [-0.05, 0) is 38.0 Å². The predicted molar refractivity (Wildman–Crippen MR) is 101 cm³/mol. The number of Topliss-reactive ketones (excluding diaryl/α,β-unsaturated/α-hetero) is 1. The van der Waals surface area contributed by atoms with Crippen LogP contribution in [0.1, 0.15) is 51.7 Å². The van der Waals surface area contributed by atoms with Crippen molar-refractivity contribution in [2.24, 2.45) is 0 Å². The first-order chi connectivity index (χ1) is 12.3. The fraction of sp³-hybridized carbons (Fsp3) is 0.556. The van der Waals surface area contributed by atoms with Crippen LogP contribution in [-0.4, -0.2) is 31.1 Å². The highest BCUT2D eigenvalue weighted by Crippen LogP contribution is 2.48. The number of hydrogen-bond acceptors (Lipinski definition) is 6. The molecule has 26 heavy (non-hydrogen) atoms. The first kappa shape index (κ1) is 22.8. The molecule has 1 atom stereocenters. The summed E-state index contributed by atoms with van der Waals surface area (Å²) in [5, 5.41) is 0.538. The van der Waals surface area contributed by atoms with E-state index in [0.29, 0.717) is 17.0 Å². The average Bonchev–Trinajstić information content (AvgIpc) is 2.55. The van der Waals surface area contributed by atoms with Crippen molar-refractivity contribution in [1.29, 1.82) is 0 Å². The van der Waals surface area contributed by atoms with E-state index in [0.717, 1.165) is 0 Å². The zero-order valence-corrected chi connectivity index (χ0v) is 17.1. The summed E-state index contributed by atoms with van der Waals surface area (Å²) in [7, 11) is -3.49. The molecule has 0 aliphatic carbocycles. The van der Waals surface area contributed by atoms with Gasteiger partial charge in [0.25, 0.3) is 0 Å². The fourth-order valence-corrected chi connectivity index (χ4v) is 4.07. The van der Waals surface area contributed by atoms with Gasteiger partial charge < -0.3 is 13.8 Å². The minimum Gasteiger partial charge on any atom is -0.457 e. The van der Waals surface area contributed by atoms with Crippen molar-refractivity contribution >= 4 is 30.9 Å². The Labute approximate surface area is 159 Å². The Bertz CT molecular complexity index is 621. The number of esters is 1. The molecule has 0 fully saturated rings. The van der Waals surface area contributed by atoms with E-state index < -0.39 is 19.7 Å². The van der Waals surface area contributed by atoms with Gasteiger partial charge in [0.1, 0.15) is 18.0 Å². The molecule has 0 heterocycles. The Morgan fingerprint density at radius 1 is 1.08 bits per heavy atom. The molecule has 0 aliphatic rings. The Morgan fingerprint density at radius 2 is 1.65 bits per heavy atom. The maximum absolute atomic E-state index is 12.5. The highest BCUT2D eigenvalue weighted by atomic mass is 35.5. The molecule has 0 spiro atoms. The lowest BCUT2D eigenvalue weighted by Crippen LogP contribution is -2.18.